The number of nitrogens with zero attached hydrogens (tertiary/aromatic N) is 2. The van der Waals surface area contributed by atoms with E-state index in [4.69, 9.17) is 11.6 Å². The van der Waals surface area contributed by atoms with Crippen LogP contribution >= 0.6 is 11.6 Å². The Kier molecular flexibility index (Phi) is 4.47. The Morgan fingerprint density at radius 1 is 1.35 bits per heavy atom. The number of anilines is 1. The molecule has 7 heteroatoms. The summed E-state index contributed by atoms with van der Waals surface area (Å²) >= 11 is 5.55. The summed E-state index contributed by atoms with van der Waals surface area (Å²) < 4.78 is 13.4. The minimum absolute atomic E-state index is 0.117. The van der Waals surface area contributed by atoms with Gasteiger partial charge in [-0.1, -0.05) is 11.6 Å². The van der Waals surface area contributed by atoms with E-state index in [1.54, 1.807) is 12.4 Å². The first-order valence-electron chi connectivity index (χ1n) is 5.84. The SMILES string of the molecule is O=[N+]([O-])c1cc(Cl)c(F)cc1NCCc1ccncc1. The van der Waals surface area contributed by atoms with Crippen molar-refractivity contribution in [1.29, 1.82) is 0 Å². The van der Waals surface area contributed by atoms with Crippen molar-refractivity contribution in [2.45, 2.75) is 6.42 Å². The van der Waals surface area contributed by atoms with Gasteiger partial charge >= 0.3 is 0 Å². The van der Waals surface area contributed by atoms with E-state index in [0.29, 0.717) is 13.0 Å². The lowest BCUT2D eigenvalue weighted by molar-refractivity contribution is -0.384. The summed E-state index contributed by atoms with van der Waals surface area (Å²) in [6.45, 7) is 0.436. The molecule has 1 heterocycles. The Morgan fingerprint density at radius 2 is 2.05 bits per heavy atom. The molecule has 104 valence electrons. The van der Waals surface area contributed by atoms with Gasteiger partial charge in [0.2, 0.25) is 0 Å². The van der Waals surface area contributed by atoms with Gasteiger partial charge in [-0.15, -0.1) is 0 Å². The summed E-state index contributed by atoms with van der Waals surface area (Å²) in [4.78, 5) is 14.2. The van der Waals surface area contributed by atoms with Crippen molar-refractivity contribution < 1.29 is 9.31 Å². The predicted octanol–water partition coefficient (Wildman–Crippen LogP) is 3.44. The van der Waals surface area contributed by atoms with E-state index in [1.807, 2.05) is 12.1 Å². The third kappa shape index (κ3) is 3.42. The van der Waals surface area contributed by atoms with E-state index in [-0.39, 0.29) is 16.4 Å². The van der Waals surface area contributed by atoms with Crippen molar-refractivity contribution in [2.24, 2.45) is 0 Å². The van der Waals surface area contributed by atoms with Crippen LogP contribution in [-0.2, 0) is 6.42 Å². The zero-order chi connectivity index (χ0) is 14.5. The van der Waals surface area contributed by atoms with E-state index in [2.05, 4.69) is 10.3 Å². The van der Waals surface area contributed by atoms with E-state index in [0.717, 1.165) is 17.7 Å². The zero-order valence-electron chi connectivity index (χ0n) is 10.3. The molecule has 0 atom stereocenters. The maximum Gasteiger partial charge on any atom is 0.294 e. The molecule has 1 N–H and O–H groups in total. The number of benzene rings is 1. The first-order valence-corrected chi connectivity index (χ1v) is 6.22. The molecule has 0 aliphatic rings. The van der Waals surface area contributed by atoms with Crippen LogP contribution in [0.1, 0.15) is 5.56 Å². The first-order chi connectivity index (χ1) is 9.58. The normalized spacial score (nSPS) is 10.3. The number of nitrogens with one attached hydrogen (secondary N) is 1. The van der Waals surface area contributed by atoms with Crippen LogP contribution in [0.15, 0.2) is 36.7 Å². The van der Waals surface area contributed by atoms with Crippen LogP contribution in [0.2, 0.25) is 5.02 Å². The molecule has 0 aliphatic heterocycles. The monoisotopic (exact) mass is 295 g/mol. The summed E-state index contributed by atoms with van der Waals surface area (Å²) in [5.74, 6) is -0.691. The second kappa shape index (κ2) is 6.29. The van der Waals surface area contributed by atoms with Gasteiger partial charge < -0.3 is 5.32 Å². The van der Waals surface area contributed by atoms with E-state index >= 15 is 0 Å². The summed E-state index contributed by atoms with van der Waals surface area (Å²) in [6.07, 6.45) is 3.98. The fraction of sp³-hybridized carbons (Fsp3) is 0.154. The standard InChI is InChI=1S/C13H11ClFN3O2/c14-10-7-13(18(19)20)12(8-11(10)15)17-6-3-9-1-4-16-5-2-9/h1-2,4-5,7-8,17H,3,6H2. The molecule has 1 aromatic carbocycles. The van der Waals surface area contributed by atoms with E-state index in [1.165, 1.54) is 0 Å². The molecule has 0 saturated heterocycles. The molecule has 0 spiro atoms. The van der Waals surface area contributed by atoms with Crippen LogP contribution in [0.25, 0.3) is 0 Å². The molecule has 0 unspecified atom stereocenters. The second-order valence-corrected chi connectivity index (χ2v) is 4.48. The minimum Gasteiger partial charge on any atom is -0.379 e. The molecule has 5 nitrogen and oxygen atoms in total. The largest absolute Gasteiger partial charge is 0.379 e. The minimum atomic E-state index is -0.691. The summed E-state index contributed by atoms with van der Waals surface area (Å²) in [7, 11) is 0. The smallest absolute Gasteiger partial charge is 0.294 e. The lowest BCUT2D eigenvalue weighted by Crippen LogP contribution is -2.07. The molecular weight excluding hydrogens is 285 g/mol. The number of aromatic nitrogens is 1. The molecule has 0 saturated carbocycles. The van der Waals surface area contributed by atoms with E-state index < -0.39 is 10.7 Å². The molecule has 0 fully saturated rings. The highest BCUT2D eigenvalue weighted by atomic mass is 35.5. The van der Waals surface area contributed by atoms with Crippen LogP contribution < -0.4 is 5.32 Å². The van der Waals surface area contributed by atoms with Crippen molar-refractivity contribution in [2.75, 3.05) is 11.9 Å². The number of rotatable bonds is 5. The lowest BCUT2D eigenvalue weighted by Gasteiger charge is -2.08. The lowest BCUT2D eigenvalue weighted by atomic mass is 10.2. The maximum absolute atomic E-state index is 13.4. The van der Waals surface area contributed by atoms with Crippen molar-refractivity contribution >= 4 is 23.0 Å². The maximum atomic E-state index is 13.4. The molecule has 0 amide bonds. The van der Waals surface area contributed by atoms with Crippen LogP contribution in [0.3, 0.4) is 0 Å². The van der Waals surface area contributed by atoms with Gasteiger partial charge in [0.15, 0.2) is 0 Å². The Bertz CT molecular complexity index is 623. The van der Waals surface area contributed by atoms with Gasteiger partial charge in [0.25, 0.3) is 5.69 Å². The zero-order valence-corrected chi connectivity index (χ0v) is 11.1. The molecule has 0 aliphatic carbocycles. The van der Waals surface area contributed by atoms with Gasteiger partial charge in [0, 0.05) is 31.1 Å². The summed E-state index contributed by atoms with van der Waals surface area (Å²) in [5, 5.41) is 13.5. The number of nitro groups is 1. The fourth-order valence-corrected chi connectivity index (χ4v) is 1.88. The summed E-state index contributed by atoms with van der Waals surface area (Å²) in [6, 6.07) is 5.73. The third-order valence-corrected chi connectivity index (χ3v) is 3.00. The molecule has 0 radical (unpaired) electrons. The van der Waals surface area contributed by atoms with Crippen LogP contribution in [-0.4, -0.2) is 16.5 Å². The van der Waals surface area contributed by atoms with Crippen molar-refractivity contribution in [3.63, 3.8) is 0 Å². The van der Waals surface area contributed by atoms with Crippen LogP contribution in [0, 0.1) is 15.9 Å². The van der Waals surface area contributed by atoms with Gasteiger partial charge in [0.05, 0.1) is 9.95 Å². The Labute approximate surface area is 119 Å². The second-order valence-electron chi connectivity index (χ2n) is 4.07. The average Bonchev–Trinajstić information content (AvgIpc) is 2.43. The van der Waals surface area contributed by atoms with Gasteiger partial charge in [-0.2, -0.15) is 0 Å². The van der Waals surface area contributed by atoms with Crippen LogP contribution in [0.4, 0.5) is 15.8 Å². The number of pyridine rings is 1. The predicted molar refractivity (Wildman–Crippen MR) is 74.5 cm³/mol. The topological polar surface area (TPSA) is 68.1 Å². The number of hydrogen-bond donors (Lipinski definition) is 1. The van der Waals surface area contributed by atoms with Crippen molar-refractivity contribution in [1.82, 2.24) is 4.98 Å². The third-order valence-electron chi connectivity index (χ3n) is 2.71. The number of hydrogen-bond acceptors (Lipinski definition) is 4. The Hall–Kier alpha value is -2.21. The Morgan fingerprint density at radius 3 is 2.70 bits per heavy atom. The number of nitro benzene ring substituents is 1. The molecule has 20 heavy (non-hydrogen) atoms. The highest BCUT2D eigenvalue weighted by Gasteiger charge is 2.17. The molecule has 0 bridgehead atoms. The molecule has 1 aromatic heterocycles. The van der Waals surface area contributed by atoms with Gasteiger partial charge in [-0.05, 0) is 24.1 Å². The van der Waals surface area contributed by atoms with E-state index in [9.17, 15) is 14.5 Å². The highest BCUT2D eigenvalue weighted by Crippen LogP contribution is 2.30. The van der Waals surface area contributed by atoms with Crippen molar-refractivity contribution in [3.8, 4) is 0 Å². The van der Waals surface area contributed by atoms with Crippen LogP contribution in [0.5, 0.6) is 0 Å². The number of halogens is 2. The highest BCUT2D eigenvalue weighted by molar-refractivity contribution is 6.31. The average molecular weight is 296 g/mol. The Balaban J connectivity index is 2.09. The van der Waals surface area contributed by atoms with Gasteiger partial charge in [-0.3, -0.25) is 15.1 Å². The molecular formula is C13H11ClFN3O2. The van der Waals surface area contributed by atoms with Gasteiger partial charge in [-0.25, -0.2) is 4.39 Å². The van der Waals surface area contributed by atoms with Gasteiger partial charge in [0.1, 0.15) is 11.5 Å². The summed E-state index contributed by atoms with van der Waals surface area (Å²) in [5.41, 5.74) is 0.904. The first kappa shape index (κ1) is 14.2. The molecule has 2 aromatic rings. The van der Waals surface area contributed by atoms with Crippen molar-refractivity contribution in [3.05, 3.63) is 63.2 Å². The quantitative estimate of drug-likeness (QED) is 0.678. The molecule has 2 rings (SSSR count). The fourth-order valence-electron chi connectivity index (χ4n) is 1.72.